The summed E-state index contributed by atoms with van der Waals surface area (Å²) >= 11 is 0. The molecule has 2 rings (SSSR count). The first-order valence-electron chi connectivity index (χ1n) is 6.03. The highest BCUT2D eigenvalue weighted by atomic mass is 32.2. The molecule has 0 bridgehead atoms. The first-order chi connectivity index (χ1) is 9.32. The minimum atomic E-state index is -3.71. The predicted molar refractivity (Wildman–Crippen MR) is 73.1 cm³/mol. The lowest BCUT2D eigenvalue weighted by molar-refractivity contribution is 0.543. The zero-order chi connectivity index (χ0) is 14.8. The minimum absolute atomic E-state index is 0.0115. The highest BCUT2D eigenvalue weighted by Gasteiger charge is 2.29. The van der Waals surface area contributed by atoms with E-state index in [9.17, 15) is 16.8 Å². The molecule has 1 saturated heterocycles. The smallest absolute Gasteiger partial charge is 0.229 e. The van der Waals surface area contributed by atoms with E-state index in [0.717, 1.165) is 0 Å². The molecule has 0 aliphatic carbocycles. The third kappa shape index (κ3) is 3.56. The molecule has 1 atom stereocenters. The second kappa shape index (κ2) is 5.52. The monoisotopic (exact) mass is 314 g/mol. The summed E-state index contributed by atoms with van der Waals surface area (Å²) in [5.41, 5.74) is 0.260. The van der Waals surface area contributed by atoms with Crippen LogP contribution in [0.5, 0.6) is 0 Å². The quantitative estimate of drug-likeness (QED) is 0.859. The Hall–Kier alpha value is -1.43. The number of benzene rings is 1. The van der Waals surface area contributed by atoms with Gasteiger partial charge in [0.1, 0.15) is 0 Å². The van der Waals surface area contributed by atoms with Crippen LogP contribution < -0.4 is 4.72 Å². The number of nitrogens with zero attached hydrogens (tertiary/aromatic N) is 1. The van der Waals surface area contributed by atoms with Gasteiger partial charge in [0.15, 0.2) is 9.84 Å². The fourth-order valence-corrected chi connectivity index (χ4v) is 5.10. The third-order valence-electron chi connectivity index (χ3n) is 3.16. The van der Waals surface area contributed by atoms with E-state index in [-0.39, 0.29) is 34.4 Å². The van der Waals surface area contributed by atoms with Crippen molar-refractivity contribution in [3.8, 4) is 6.07 Å². The second-order valence-electron chi connectivity index (χ2n) is 4.76. The van der Waals surface area contributed by atoms with Crippen LogP contribution in [0.25, 0.3) is 0 Å². The van der Waals surface area contributed by atoms with Crippen molar-refractivity contribution < 1.29 is 16.8 Å². The number of sulfone groups is 1. The first-order valence-corrected chi connectivity index (χ1v) is 9.33. The summed E-state index contributed by atoms with van der Waals surface area (Å²) in [6, 6.07) is 7.57. The van der Waals surface area contributed by atoms with E-state index < -0.39 is 19.9 Å². The lowest BCUT2D eigenvalue weighted by atomic mass is 10.1. The number of nitrogens with one attached hydrogen (secondary N) is 1. The molecule has 0 amide bonds. The Bertz CT molecular complexity index is 748. The minimum Gasteiger partial charge on any atom is -0.229 e. The van der Waals surface area contributed by atoms with Crippen molar-refractivity contribution >= 4 is 19.9 Å². The SMILES string of the molecule is N#Cc1cccc(S(=O)(=O)NC[C@@H]2CCS(=O)(=O)C2)c1. The first kappa shape index (κ1) is 15.0. The lowest BCUT2D eigenvalue weighted by Gasteiger charge is -2.10. The van der Waals surface area contributed by atoms with E-state index in [1.54, 1.807) is 0 Å². The average Bonchev–Trinajstić information content (AvgIpc) is 2.76. The Morgan fingerprint density at radius 2 is 2.15 bits per heavy atom. The summed E-state index contributed by atoms with van der Waals surface area (Å²) < 4.78 is 49.1. The largest absolute Gasteiger partial charge is 0.240 e. The van der Waals surface area contributed by atoms with E-state index in [0.29, 0.717) is 6.42 Å². The molecule has 0 spiro atoms. The van der Waals surface area contributed by atoms with Crippen LogP contribution in [-0.4, -0.2) is 34.9 Å². The summed E-state index contributed by atoms with van der Waals surface area (Å²) in [6.45, 7) is 0.0956. The Morgan fingerprint density at radius 3 is 2.75 bits per heavy atom. The van der Waals surface area contributed by atoms with Crippen molar-refractivity contribution in [3.63, 3.8) is 0 Å². The highest BCUT2D eigenvalue weighted by Crippen LogP contribution is 2.18. The van der Waals surface area contributed by atoms with E-state index in [2.05, 4.69) is 4.72 Å². The van der Waals surface area contributed by atoms with E-state index in [1.807, 2.05) is 6.07 Å². The lowest BCUT2D eigenvalue weighted by Crippen LogP contribution is -2.30. The van der Waals surface area contributed by atoms with Crippen LogP contribution in [-0.2, 0) is 19.9 Å². The standard InChI is InChI=1S/C12H14N2O4S2/c13-7-10-2-1-3-12(6-10)20(17,18)14-8-11-4-5-19(15,16)9-11/h1-3,6,11,14H,4-5,8-9H2/t11-/m0/s1. The normalized spacial score (nSPS) is 21.4. The highest BCUT2D eigenvalue weighted by molar-refractivity contribution is 7.91. The van der Waals surface area contributed by atoms with Crippen LogP contribution in [0, 0.1) is 17.2 Å². The van der Waals surface area contributed by atoms with E-state index in [1.165, 1.54) is 24.3 Å². The van der Waals surface area contributed by atoms with Crippen LogP contribution in [0.3, 0.4) is 0 Å². The molecule has 8 heteroatoms. The average molecular weight is 314 g/mol. The molecule has 1 aromatic carbocycles. The molecule has 1 N–H and O–H groups in total. The molecule has 0 aromatic heterocycles. The van der Waals surface area contributed by atoms with Gasteiger partial charge in [-0.2, -0.15) is 5.26 Å². The van der Waals surface area contributed by atoms with Crippen LogP contribution in [0.2, 0.25) is 0 Å². The fraction of sp³-hybridized carbons (Fsp3) is 0.417. The Balaban J connectivity index is 2.07. The topological polar surface area (TPSA) is 104 Å². The molecule has 0 saturated carbocycles. The van der Waals surface area contributed by atoms with Gasteiger partial charge in [-0.25, -0.2) is 21.6 Å². The van der Waals surface area contributed by atoms with Crippen LogP contribution in [0.1, 0.15) is 12.0 Å². The summed E-state index contributed by atoms with van der Waals surface area (Å²) in [4.78, 5) is 0.0115. The predicted octanol–water partition coefficient (Wildman–Crippen LogP) is 0.271. The van der Waals surface area contributed by atoms with Crippen molar-refractivity contribution in [2.24, 2.45) is 5.92 Å². The fourth-order valence-electron chi connectivity index (χ4n) is 2.08. The zero-order valence-corrected chi connectivity index (χ0v) is 12.2. The molecule has 6 nitrogen and oxygen atoms in total. The Labute approximate surface area is 118 Å². The maximum atomic E-state index is 12.0. The number of sulfonamides is 1. The Morgan fingerprint density at radius 1 is 1.40 bits per heavy atom. The summed E-state index contributed by atoms with van der Waals surface area (Å²) in [5.74, 6) is -0.0502. The number of nitriles is 1. The van der Waals surface area contributed by atoms with Crippen molar-refractivity contribution in [3.05, 3.63) is 29.8 Å². The van der Waals surface area contributed by atoms with Gasteiger partial charge in [0.25, 0.3) is 0 Å². The maximum Gasteiger partial charge on any atom is 0.240 e. The summed E-state index contributed by atoms with van der Waals surface area (Å²) in [5, 5.41) is 8.76. The molecule has 1 aliphatic rings. The van der Waals surface area contributed by atoms with Crippen molar-refractivity contribution in [2.45, 2.75) is 11.3 Å². The van der Waals surface area contributed by atoms with E-state index >= 15 is 0 Å². The number of hydrogen-bond donors (Lipinski definition) is 1. The van der Waals surface area contributed by atoms with Crippen molar-refractivity contribution in [1.29, 1.82) is 5.26 Å². The van der Waals surface area contributed by atoms with Gasteiger partial charge >= 0.3 is 0 Å². The van der Waals surface area contributed by atoms with Gasteiger partial charge in [0, 0.05) is 6.54 Å². The molecule has 1 heterocycles. The number of hydrogen-bond acceptors (Lipinski definition) is 5. The molecule has 0 unspecified atom stereocenters. The molecular weight excluding hydrogens is 300 g/mol. The molecule has 1 fully saturated rings. The molecule has 20 heavy (non-hydrogen) atoms. The molecule has 0 radical (unpaired) electrons. The molecule has 1 aliphatic heterocycles. The van der Waals surface area contributed by atoms with Gasteiger partial charge in [-0.1, -0.05) is 6.07 Å². The van der Waals surface area contributed by atoms with Gasteiger partial charge in [-0.05, 0) is 30.5 Å². The number of rotatable bonds is 4. The summed E-state index contributed by atoms with van der Waals surface area (Å²) in [6.07, 6.45) is 0.475. The zero-order valence-electron chi connectivity index (χ0n) is 10.6. The molecule has 108 valence electrons. The van der Waals surface area contributed by atoms with Gasteiger partial charge in [-0.15, -0.1) is 0 Å². The molecule has 1 aromatic rings. The van der Waals surface area contributed by atoms with Crippen LogP contribution in [0.4, 0.5) is 0 Å². The second-order valence-corrected chi connectivity index (χ2v) is 8.76. The summed E-state index contributed by atoms with van der Waals surface area (Å²) in [7, 11) is -6.73. The van der Waals surface area contributed by atoms with Gasteiger partial charge in [0.05, 0.1) is 28.0 Å². The van der Waals surface area contributed by atoms with Crippen molar-refractivity contribution in [2.75, 3.05) is 18.1 Å². The van der Waals surface area contributed by atoms with Crippen LogP contribution in [0.15, 0.2) is 29.2 Å². The third-order valence-corrected chi connectivity index (χ3v) is 6.42. The maximum absolute atomic E-state index is 12.0. The Kier molecular flexibility index (Phi) is 4.13. The van der Waals surface area contributed by atoms with Gasteiger partial charge < -0.3 is 0 Å². The van der Waals surface area contributed by atoms with Gasteiger partial charge in [0.2, 0.25) is 10.0 Å². The van der Waals surface area contributed by atoms with Gasteiger partial charge in [-0.3, -0.25) is 0 Å². The van der Waals surface area contributed by atoms with E-state index in [4.69, 9.17) is 5.26 Å². The van der Waals surface area contributed by atoms with Crippen LogP contribution >= 0.6 is 0 Å². The molecular formula is C12H14N2O4S2. The van der Waals surface area contributed by atoms with Crippen molar-refractivity contribution in [1.82, 2.24) is 4.72 Å².